The topological polar surface area (TPSA) is 82.3 Å². The van der Waals surface area contributed by atoms with Gasteiger partial charge < -0.3 is 4.74 Å². The summed E-state index contributed by atoms with van der Waals surface area (Å²) in [5.74, 6) is 0.326. The first kappa shape index (κ1) is 16.0. The van der Waals surface area contributed by atoms with Crippen molar-refractivity contribution in [2.75, 3.05) is 6.61 Å². The molecule has 22 heavy (non-hydrogen) atoms. The second-order valence-corrected chi connectivity index (χ2v) is 5.31. The number of aromatic nitrogens is 1. The fraction of sp³-hybridized carbons (Fsp3) is 0.200. The maximum absolute atomic E-state index is 11.5. The maximum Gasteiger partial charge on any atom is 0.338 e. The van der Waals surface area contributed by atoms with E-state index in [0.29, 0.717) is 22.9 Å². The van der Waals surface area contributed by atoms with Gasteiger partial charge in [-0.25, -0.2) is 9.78 Å². The molecule has 0 spiro atoms. The Bertz CT molecular complexity index is 656. The number of nitro groups is 1. The van der Waals surface area contributed by atoms with Crippen molar-refractivity contribution in [3.63, 3.8) is 0 Å². The van der Waals surface area contributed by atoms with Crippen molar-refractivity contribution in [3.8, 4) is 0 Å². The molecule has 0 atom stereocenters. The molecule has 7 heteroatoms. The smallest absolute Gasteiger partial charge is 0.338 e. The lowest BCUT2D eigenvalue weighted by Gasteiger charge is -2.04. The van der Waals surface area contributed by atoms with Crippen LogP contribution in [0.5, 0.6) is 0 Å². The molecule has 1 aromatic carbocycles. The van der Waals surface area contributed by atoms with E-state index in [-0.39, 0.29) is 11.7 Å². The summed E-state index contributed by atoms with van der Waals surface area (Å²) in [6.45, 7) is 2.11. The fourth-order valence-corrected chi connectivity index (χ4v) is 2.47. The zero-order valence-corrected chi connectivity index (χ0v) is 12.7. The van der Waals surface area contributed by atoms with Crippen molar-refractivity contribution in [2.24, 2.45) is 0 Å². The van der Waals surface area contributed by atoms with E-state index in [1.165, 1.54) is 24.0 Å². The molecule has 0 amide bonds. The number of esters is 1. The van der Waals surface area contributed by atoms with Crippen LogP contribution in [0.25, 0.3) is 0 Å². The molecule has 114 valence electrons. The summed E-state index contributed by atoms with van der Waals surface area (Å²) in [5.41, 5.74) is 1.52. The molecule has 0 saturated heterocycles. The molecule has 6 nitrogen and oxygen atoms in total. The molecule has 1 aromatic heterocycles. The number of hydrogen-bond donors (Lipinski definition) is 0. The number of ether oxygens (including phenoxy) is 1. The van der Waals surface area contributed by atoms with Gasteiger partial charge in [0.25, 0.3) is 5.69 Å². The monoisotopic (exact) mass is 318 g/mol. The molecule has 1 heterocycles. The Kier molecular flexibility index (Phi) is 5.48. The van der Waals surface area contributed by atoms with E-state index in [9.17, 15) is 14.9 Å². The first-order valence-electron chi connectivity index (χ1n) is 6.59. The summed E-state index contributed by atoms with van der Waals surface area (Å²) >= 11 is 1.47. The third kappa shape index (κ3) is 4.29. The van der Waals surface area contributed by atoms with E-state index in [0.717, 1.165) is 5.56 Å². The molecule has 0 aliphatic heterocycles. The van der Waals surface area contributed by atoms with Gasteiger partial charge in [0.2, 0.25) is 0 Å². The summed E-state index contributed by atoms with van der Waals surface area (Å²) < 4.78 is 4.92. The highest BCUT2D eigenvalue weighted by Gasteiger charge is 2.07. The number of thioether (sulfide) groups is 1. The van der Waals surface area contributed by atoms with Crippen LogP contribution in [0.4, 0.5) is 5.69 Å². The molecule has 0 unspecified atom stereocenters. The Morgan fingerprint density at radius 1 is 1.27 bits per heavy atom. The van der Waals surface area contributed by atoms with Crippen molar-refractivity contribution in [2.45, 2.75) is 17.7 Å². The van der Waals surface area contributed by atoms with Crippen LogP contribution < -0.4 is 0 Å². The zero-order chi connectivity index (χ0) is 15.9. The summed E-state index contributed by atoms with van der Waals surface area (Å²) in [6, 6.07) is 10.2. The highest BCUT2D eigenvalue weighted by atomic mass is 32.2. The normalized spacial score (nSPS) is 10.2. The van der Waals surface area contributed by atoms with Crippen molar-refractivity contribution < 1.29 is 14.5 Å². The van der Waals surface area contributed by atoms with E-state index in [1.807, 2.05) is 12.1 Å². The average Bonchev–Trinajstić information content (AvgIpc) is 2.54. The second kappa shape index (κ2) is 7.56. The van der Waals surface area contributed by atoms with Gasteiger partial charge in [0.05, 0.1) is 22.1 Å². The first-order valence-corrected chi connectivity index (χ1v) is 7.58. The van der Waals surface area contributed by atoms with E-state index in [2.05, 4.69) is 4.98 Å². The largest absolute Gasteiger partial charge is 0.462 e. The van der Waals surface area contributed by atoms with Gasteiger partial charge in [0, 0.05) is 11.8 Å². The van der Waals surface area contributed by atoms with Crippen LogP contribution in [0.2, 0.25) is 0 Å². The fourth-order valence-electron chi connectivity index (χ4n) is 1.67. The van der Waals surface area contributed by atoms with Gasteiger partial charge >= 0.3 is 5.97 Å². The molecule has 2 aromatic rings. The minimum absolute atomic E-state index is 0.0249. The molecular formula is C15H14N2O4S. The van der Waals surface area contributed by atoms with Crippen molar-refractivity contribution in [1.82, 2.24) is 4.98 Å². The van der Waals surface area contributed by atoms with Crippen LogP contribution in [0, 0.1) is 10.1 Å². The standard InChI is InChI=1S/C15H14N2O4S/c1-2-21-15(18)12-5-3-11(4-6-12)10-22-14-8-7-13(9-16-14)17(19)20/h3-9H,2,10H2,1H3. The van der Waals surface area contributed by atoms with Crippen LogP contribution in [0.15, 0.2) is 47.6 Å². The average molecular weight is 318 g/mol. The molecule has 0 radical (unpaired) electrons. The molecule has 0 N–H and O–H groups in total. The zero-order valence-electron chi connectivity index (χ0n) is 11.9. The van der Waals surface area contributed by atoms with E-state index >= 15 is 0 Å². The minimum atomic E-state index is -0.477. The Morgan fingerprint density at radius 3 is 2.55 bits per heavy atom. The SMILES string of the molecule is CCOC(=O)c1ccc(CSc2ccc([N+](=O)[O-])cn2)cc1. The lowest BCUT2D eigenvalue weighted by molar-refractivity contribution is -0.385. The van der Waals surface area contributed by atoms with Gasteiger partial charge in [-0.3, -0.25) is 10.1 Å². The quantitative estimate of drug-likeness (QED) is 0.351. The van der Waals surface area contributed by atoms with Crippen molar-refractivity contribution in [1.29, 1.82) is 0 Å². The Balaban J connectivity index is 1.94. The molecular weight excluding hydrogens is 304 g/mol. The predicted molar refractivity (Wildman–Crippen MR) is 82.9 cm³/mol. The minimum Gasteiger partial charge on any atom is -0.462 e. The lowest BCUT2D eigenvalue weighted by Crippen LogP contribution is -2.04. The number of pyridine rings is 1. The van der Waals surface area contributed by atoms with Crippen molar-refractivity contribution >= 4 is 23.4 Å². The van der Waals surface area contributed by atoms with Crippen LogP contribution >= 0.6 is 11.8 Å². The van der Waals surface area contributed by atoms with E-state index in [1.54, 1.807) is 25.1 Å². The number of rotatable bonds is 6. The molecule has 0 bridgehead atoms. The molecule has 0 aliphatic carbocycles. The first-order chi connectivity index (χ1) is 10.6. The Morgan fingerprint density at radius 2 is 2.00 bits per heavy atom. The molecule has 0 saturated carbocycles. The van der Waals surface area contributed by atoms with Crippen LogP contribution in [0.3, 0.4) is 0 Å². The number of hydrogen-bond acceptors (Lipinski definition) is 6. The third-order valence-corrected chi connectivity index (χ3v) is 3.80. The second-order valence-electron chi connectivity index (χ2n) is 4.32. The molecule has 0 aliphatic rings. The van der Waals surface area contributed by atoms with Gasteiger partial charge in [-0.2, -0.15) is 0 Å². The van der Waals surface area contributed by atoms with E-state index in [4.69, 9.17) is 4.74 Å². The van der Waals surface area contributed by atoms with Gasteiger partial charge in [-0.15, -0.1) is 11.8 Å². The van der Waals surface area contributed by atoms with Gasteiger partial charge in [0.15, 0.2) is 0 Å². The van der Waals surface area contributed by atoms with E-state index < -0.39 is 4.92 Å². The number of benzene rings is 1. The highest BCUT2D eigenvalue weighted by molar-refractivity contribution is 7.98. The van der Waals surface area contributed by atoms with Crippen LogP contribution in [0.1, 0.15) is 22.8 Å². The Hall–Kier alpha value is -2.41. The summed E-state index contributed by atoms with van der Waals surface area (Å²) in [4.78, 5) is 25.6. The highest BCUT2D eigenvalue weighted by Crippen LogP contribution is 2.22. The summed E-state index contributed by atoms with van der Waals surface area (Å²) in [7, 11) is 0. The summed E-state index contributed by atoms with van der Waals surface area (Å²) in [6.07, 6.45) is 1.24. The number of carbonyl (C=O) groups excluding carboxylic acids is 1. The third-order valence-electron chi connectivity index (χ3n) is 2.78. The molecule has 2 rings (SSSR count). The Labute approximate surface area is 131 Å². The predicted octanol–water partition coefficient (Wildman–Crippen LogP) is 3.46. The van der Waals surface area contributed by atoms with Crippen LogP contribution in [-0.4, -0.2) is 22.5 Å². The van der Waals surface area contributed by atoms with Gasteiger partial charge in [-0.05, 0) is 30.7 Å². The lowest BCUT2D eigenvalue weighted by atomic mass is 10.1. The number of carbonyl (C=O) groups is 1. The maximum atomic E-state index is 11.5. The van der Waals surface area contributed by atoms with Crippen molar-refractivity contribution in [3.05, 3.63) is 63.8 Å². The summed E-state index contributed by atoms with van der Waals surface area (Å²) in [5, 5.41) is 11.3. The van der Waals surface area contributed by atoms with Crippen LogP contribution in [-0.2, 0) is 10.5 Å². The van der Waals surface area contributed by atoms with Gasteiger partial charge in [0.1, 0.15) is 6.20 Å². The molecule has 0 fully saturated rings. The number of nitrogens with zero attached hydrogens (tertiary/aromatic N) is 2. The van der Waals surface area contributed by atoms with Gasteiger partial charge in [-0.1, -0.05) is 12.1 Å².